The minimum Gasteiger partial charge on any atom is -0.383 e. The van der Waals surface area contributed by atoms with Gasteiger partial charge < -0.3 is 9.72 Å². The lowest BCUT2D eigenvalue weighted by Crippen LogP contribution is -2.48. The Balaban J connectivity index is 1.49. The average Bonchev–Trinajstić information content (AvgIpc) is 3.34. The molecule has 3 heterocycles. The maximum absolute atomic E-state index is 13.5. The molecule has 0 amide bonds. The zero-order valence-electron chi connectivity index (χ0n) is 21.4. The van der Waals surface area contributed by atoms with Crippen LogP contribution in [0.15, 0.2) is 47.3 Å². The van der Waals surface area contributed by atoms with Gasteiger partial charge in [-0.05, 0) is 59.0 Å². The quantitative estimate of drug-likeness (QED) is 0.380. The van der Waals surface area contributed by atoms with Crippen molar-refractivity contribution in [1.29, 1.82) is 0 Å². The number of pyridine rings is 1. The number of hydrogen-bond acceptors (Lipinski definition) is 7. The fourth-order valence-electron chi connectivity index (χ4n) is 5.20. The molecule has 37 heavy (non-hydrogen) atoms. The molecule has 0 radical (unpaired) electrons. The van der Waals surface area contributed by atoms with E-state index in [0.717, 1.165) is 65.3 Å². The van der Waals surface area contributed by atoms with Crippen LogP contribution < -0.4 is 5.56 Å². The van der Waals surface area contributed by atoms with Gasteiger partial charge >= 0.3 is 0 Å². The Kier molecular flexibility index (Phi) is 7.66. The number of nitrogens with zero attached hydrogens (tertiary/aromatic N) is 6. The van der Waals surface area contributed by atoms with Crippen LogP contribution in [0.25, 0.3) is 10.9 Å². The lowest BCUT2D eigenvalue weighted by atomic mass is 10.00. The summed E-state index contributed by atoms with van der Waals surface area (Å²) in [4.78, 5) is 21.3. The third-order valence-corrected chi connectivity index (χ3v) is 7.42. The van der Waals surface area contributed by atoms with E-state index in [1.165, 1.54) is 0 Å². The third kappa shape index (κ3) is 5.45. The first-order valence-corrected chi connectivity index (χ1v) is 12.9. The summed E-state index contributed by atoms with van der Waals surface area (Å²) in [5, 5.41) is 14.4. The molecule has 4 aromatic rings. The minimum absolute atomic E-state index is 0.121. The van der Waals surface area contributed by atoms with Crippen LogP contribution in [0.3, 0.4) is 0 Å². The number of rotatable bonds is 8. The summed E-state index contributed by atoms with van der Waals surface area (Å²) in [5.74, 6) is 0.644. The van der Waals surface area contributed by atoms with Gasteiger partial charge in [0.05, 0.1) is 18.7 Å². The van der Waals surface area contributed by atoms with Crippen LogP contribution in [0.4, 0.5) is 0 Å². The van der Waals surface area contributed by atoms with Gasteiger partial charge in [-0.15, -0.1) is 5.10 Å². The van der Waals surface area contributed by atoms with Crippen LogP contribution in [0.5, 0.6) is 0 Å². The third-order valence-electron chi connectivity index (χ3n) is 7.05. The number of fused-ring (bicyclic) bond motifs is 1. The lowest BCUT2D eigenvalue weighted by Gasteiger charge is -2.38. The number of H-pyrrole nitrogens is 1. The number of nitrogens with one attached hydrogen (secondary N) is 1. The Morgan fingerprint density at radius 1 is 1.11 bits per heavy atom. The van der Waals surface area contributed by atoms with E-state index in [2.05, 4.69) is 55.4 Å². The second-order valence-electron chi connectivity index (χ2n) is 9.66. The Labute approximate surface area is 221 Å². The highest BCUT2D eigenvalue weighted by Crippen LogP contribution is 2.29. The molecule has 10 heteroatoms. The van der Waals surface area contributed by atoms with Gasteiger partial charge in [-0.25, -0.2) is 4.68 Å². The Hall–Kier alpha value is -3.11. The van der Waals surface area contributed by atoms with Crippen LogP contribution in [-0.4, -0.2) is 74.9 Å². The maximum Gasteiger partial charge on any atom is 0.253 e. The smallest absolute Gasteiger partial charge is 0.253 e. The van der Waals surface area contributed by atoms with Crippen molar-refractivity contribution in [2.45, 2.75) is 33.0 Å². The van der Waals surface area contributed by atoms with E-state index < -0.39 is 0 Å². The van der Waals surface area contributed by atoms with Crippen LogP contribution in [-0.2, 0) is 17.8 Å². The first-order chi connectivity index (χ1) is 17.9. The molecule has 0 unspecified atom stereocenters. The average molecular weight is 522 g/mol. The number of piperazine rings is 1. The molecule has 0 bridgehead atoms. The van der Waals surface area contributed by atoms with E-state index >= 15 is 0 Å². The van der Waals surface area contributed by atoms with Crippen LogP contribution >= 0.6 is 11.6 Å². The SMILES string of the molecule is COCCn1nnnc1[C@H](c1cc2cc(C)cc(C)c2[nH]c1=O)N1CCN(Cc2ccccc2Cl)CC1. The number of methoxy groups -OCH3 is 1. The number of aromatic amines is 1. The number of aryl methyl sites for hydroxylation is 2. The van der Waals surface area contributed by atoms with Crippen LogP contribution in [0.2, 0.25) is 5.02 Å². The zero-order chi connectivity index (χ0) is 25.9. The number of tetrazole rings is 1. The second-order valence-corrected chi connectivity index (χ2v) is 10.1. The molecule has 194 valence electrons. The number of halogens is 1. The van der Waals surface area contributed by atoms with Crippen molar-refractivity contribution < 1.29 is 4.74 Å². The van der Waals surface area contributed by atoms with Crippen molar-refractivity contribution in [3.8, 4) is 0 Å². The van der Waals surface area contributed by atoms with Crippen LogP contribution in [0, 0.1) is 13.8 Å². The fraction of sp³-hybridized carbons (Fsp3) is 0.407. The number of aromatic nitrogens is 5. The molecule has 0 spiro atoms. The van der Waals surface area contributed by atoms with Gasteiger partial charge in [0.15, 0.2) is 5.82 Å². The van der Waals surface area contributed by atoms with E-state index in [4.69, 9.17) is 16.3 Å². The molecule has 5 rings (SSSR count). The van der Waals surface area contributed by atoms with Gasteiger partial charge in [-0.1, -0.05) is 41.4 Å². The molecule has 0 saturated carbocycles. The first kappa shape index (κ1) is 25.5. The van der Waals surface area contributed by atoms with Crippen LogP contribution in [0.1, 0.15) is 34.1 Å². The number of ether oxygens (including phenoxy) is 1. The summed E-state index contributed by atoms with van der Waals surface area (Å²) < 4.78 is 7.02. The molecule has 0 aliphatic carbocycles. The summed E-state index contributed by atoms with van der Waals surface area (Å²) >= 11 is 6.41. The Morgan fingerprint density at radius 2 is 1.89 bits per heavy atom. The molecule has 1 N–H and O–H groups in total. The highest BCUT2D eigenvalue weighted by Gasteiger charge is 2.32. The lowest BCUT2D eigenvalue weighted by molar-refractivity contribution is 0.0985. The van der Waals surface area contributed by atoms with Crippen molar-refractivity contribution in [2.75, 3.05) is 39.9 Å². The highest BCUT2D eigenvalue weighted by molar-refractivity contribution is 6.31. The monoisotopic (exact) mass is 521 g/mol. The van der Waals surface area contributed by atoms with Gasteiger partial charge in [0.1, 0.15) is 6.04 Å². The van der Waals surface area contributed by atoms with E-state index in [1.807, 2.05) is 31.2 Å². The molecule has 9 nitrogen and oxygen atoms in total. The molecule has 2 aromatic heterocycles. The summed E-state index contributed by atoms with van der Waals surface area (Å²) in [6.45, 7) is 9.06. The van der Waals surface area contributed by atoms with Crippen molar-refractivity contribution in [3.63, 3.8) is 0 Å². The van der Waals surface area contributed by atoms with Gasteiger partial charge in [0, 0.05) is 50.4 Å². The largest absolute Gasteiger partial charge is 0.383 e. The summed E-state index contributed by atoms with van der Waals surface area (Å²) in [5.41, 5.74) is 4.71. The van der Waals surface area contributed by atoms with Crippen molar-refractivity contribution in [3.05, 3.63) is 85.9 Å². The van der Waals surface area contributed by atoms with Crippen molar-refractivity contribution in [1.82, 2.24) is 35.0 Å². The van der Waals surface area contributed by atoms with Gasteiger partial charge in [0.25, 0.3) is 5.56 Å². The Bertz CT molecular complexity index is 1440. The highest BCUT2D eigenvalue weighted by atomic mass is 35.5. The van der Waals surface area contributed by atoms with E-state index in [0.29, 0.717) is 24.5 Å². The van der Waals surface area contributed by atoms with E-state index in [1.54, 1.807) is 11.8 Å². The van der Waals surface area contributed by atoms with E-state index in [-0.39, 0.29) is 11.6 Å². The molecule has 1 aliphatic rings. The predicted molar refractivity (Wildman–Crippen MR) is 144 cm³/mol. The molecule has 1 fully saturated rings. The predicted octanol–water partition coefficient (Wildman–Crippen LogP) is 3.34. The Morgan fingerprint density at radius 3 is 2.65 bits per heavy atom. The fourth-order valence-corrected chi connectivity index (χ4v) is 5.39. The topological polar surface area (TPSA) is 92.2 Å². The zero-order valence-corrected chi connectivity index (χ0v) is 22.2. The minimum atomic E-state index is -0.386. The first-order valence-electron chi connectivity index (χ1n) is 12.5. The summed E-state index contributed by atoms with van der Waals surface area (Å²) in [6.07, 6.45) is 0. The van der Waals surface area contributed by atoms with Gasteiger partial charge in [0.2, 0.25) is 0 Å². The number of hydrogen-bond donors (Lipinski definition) is 1. The van der Waals surface area contributed by atoms with E-state index in [9.17, 15) is 4.79 Å². The standard InChI is InChI=1S/C27H32ClN7O2/c1-18-14-19(2)24-21(15-18)16-22(27(36)29-24)25(26-30-31-32-35(26)12-13-37-3)34-10-8-33(9-11-34)17-20-6-4-5-7-23(20)28/h4-7,14-16,25H,8-13,17H2,1-3H3,(H,29,36)/t25-/m0/s1. The molecule has 1 aliphatic heterocycles. The normalized spacial score (nSPS) is 15.9. The molecule has 2 aromatic carbocycles. The van der Waals surface area contributed by atoms with Gasteiger partial charge in [-0.2, -0.15) is 0 Å². The van der Waals surface area contributed by atoms with Crippen molar-refractivity contribution >= 4 is 22.5 Å². The summed E-state index contributed by atoms with van der Waals surface area (Å²) in [6, 6.07) is 13.8. The van der Waals surface area contributed by atoms with Crippen molar-refractivity contribution in [2.24, 2.45) is 0 Å². The summed E-state index contributed by atoms with van der Waals surface area (Å²) in [7, 11) is 1.65. The molecular formula is C27H32ClN7O2. The number of benzene rings is 2. The molecule has 1 saturated heterocycles. The molecule has 1 atom stereocenters. The second kappa shape index (κ2) is 11.1. The molecular weight excluding hydrogens is 490 g/mol. The maximum atomic E-state index is 13.5. The van der Waals surface area contributed by atoms with Gasteiger partial charge in [-0.3, -0.25) is 14.6 Å².